The summed E-state index contributed by atoms with van der Waals surface area (Å²) in [7, 11) is -4.02. The first-order valence-electron chi connectivity index (χ1n) is 11.4. The van der Waals surface area contributed by atoms with Crippen molar-refractivity contribution in [2.45, 2.75) is 36.7 Å². The number of hydrogen-bond acceptors (Lipinski definition) is 6. The van der Waals surface area contributed by atoms with Crippen molar-refractivity contribution in [1.29, 1.82) is 0 Å². The van der Waals surface area contributed by atoms with E-state index in [1.807, 2.05) is 0 Å². The number of carbonyl (C=O) groups excluding carboxylic acids is 1. The molecule has 0 radical (unpaired) electrons. The first-order chi connectivity index (χ1) is 17.6. The predicted molar refractivity (Wildman–Crippen MR) is 127 cm³/mol. The number of para-hydroxylation sites is 1. The zero-order valence-electron chi connectivity index (χ0n) is 19.3. The van der Waals surface area contributed by atoms with E-state index in [4.69, 9.17) is 4.42 Å². The summed E-state index contributed by atoms with van der Waals surface area (Å²) in [6.45, 7) is 0.296. The van der Waals surface area contributed by atoms with E-state index in [1.54, 1.807) is 48.5 Å². The number of hydrogen-bond donors (Lipinski definition) is 1. The van der Waals surface area contributed by atoms with E-state index in [9.17, 15) is 26.4 Å². The first kappa shape index (κ1) is 24.9. The van der Waals surface area contributed by atoms with Gasteiger partial charge in [0.1, 0.15) is 11.6 Å². The maximum absolute atomic E-state index is 13.3. The van der Waals surface area contributed by atoms with Crippen LogP contribution in [0.2, 0.25) is 0 Å². The highest BCUT2D eigenvalue weighted by Crippen LogP contribution is 2.30. The van der Waals surface area contributed by atoms with Crippen LogP contribution in [0.25, 0.3) is 22.1 Å². The van der Waals surface area contributed by atoms with Crippen molar-refractivity contribution in [2.24, 2.45) is 0 Å². The molecule has 1 fully saturated rings. The Kier molecular flexibility index (Phi) is 6.46. The molecule has 1 amide bonds. The molecule has 0 aliphatic carbocycles. The van der Waals surface area contributed by atoms with Crippen LogP contribution in [-0.2, 0) is 27.5 Å². The molecule has 0 saturated carbocycles. The molecule has 0 bridgehead atoms. The van der Waals surface area contributed by atoms with Crippen LogP contribution in [0, 0.1) is 0 Å². The van der Waals surface area contributed by atoms with Crippen molar-refractivity contribution in [3.05, 3.63) is 78.4 Å². The normalized spacial score (nSPS) is 16.8. The third kappa shape index (κ3) is 5.07. The summed E-state index contributed by atoms with van der Waals surface area (Å²) in [5.74, 6) is -1.67. The minimum atomic E-state index is -4.63. The van der Waals surface area contributed by atoms with E-state index < -0.39 is 34.0 Å². The molecule has 1 saturated heterocycles. The van der Waals surface area contributed by atoms with Crippen LogP contribution >= 0.6 is 0 Å². The Balaban J connectivity index is 1.28. The van der Waals surface area contributed by atoms with Gasteiger partial charge in [-0.2, -0.15) is 17.5 Å². The summed E-state index contributed by atoms with van der Waals surface area (Å²) in [5, 5.41) is 3.22. The van der Waals surface area contributed by atoms with Gasteiger partial charge in [0.15, 0.2) is 0 Å². The second-order valence-electron chi connectivity index (χ2n) is 8.59. The Hall–Kier alpha value is -3.77. The van der Waals surface area contributed by atoms with E-state index in [-0.39, 0.29) is 18.2 Å². The second kappa shape index (κ2) is 9.60. The lowest BCUT2D eigenvalue weighted by atomic mass is 10.1. The Morgan fingerprint density at radius 2 is 1.81 bits per heavy atom. The van der Waals surface area contributed by atoms with Gasteiger partial charge >= 0.3 is 6.18 Å². The number of aromatic nitrogens is 2. The molecule has 1 N–H and O–H groups in total. The maximum atomic E-state index is 13.3. The minimum absolute atomic E-state index is 0.100. The lowest BCUT2D eigenvalue weighted by Crippen LogP contribution is -2.45. The smallest absolute Gasteiger partial charge is 0.443 e. The molecule has 1 aliphatic rings. The Morgan fingerprint density at radius 3 is 2.54 bits per heavy atom. The molecule has 5 rings (SSSR count). The topological polar surface area (TPSA) is 105 Å². The molecule has 12 heteroatoms. The van der Waals surface area contributed by atoms with Gasteiger partial charge in [-0.05, 0) is 36.1 Å². The van der Waals surface area contributed by atoms with E-state index in [1.165, 1.54) is 6.07 Å². The van der Waals surface area contributed by atoms with Crippen molar-refractivity contribution in [3.63, 3.8) is 0 Å². The monoisotopic (exact) mass is 530 g/mol. The number of rotatable bonds is 6. The van der Waals surface area contributed by atoms with Crippen LogP contribution in [-0.4, -0.2) is 41.2 Å². The molecule has 1 atom stereocenters. The maximum Gasteiger partial charge on any atom is 0.451 e. The van der Waals surface area contributed by atoms with Gasteiger partial charge in [-0.15, -0.1) is 0 Å². The molecular weight excluding hydrogens is 509 g/mol. The van der Waals surface area contributed by atoms with Gasteiger partial charge < -0.3 is 9.73 Å². The van der Waals surface area contributed by atoms with Gasteiger partial charge in [-0.3, -0.25) is 4.79 Å². The molecule has 3 heterocycles. The van der Waals surface area contributed by atoms with Crippen molar-refractivity contribution in [1.82, 2.24) is 19.6 Å². The number of nitrogens with one attached hydrogen (secondary N) is 1. The van der Waals surface area contributed by atoms with Crippen LogP contribution < -0.4 is 5.32 Å². The summed E-state index contributed by atoms with van der Waals surface area (Å²) in [6.07, 6.45) is -1.55. The molecule has 1 unspecified atom stereocenters. The fraction of sp³-hybridized carbons (Fsp3) is 0.240. The zero-order valence-corrected chi connectivity index (χ0v) is 20.1. The highest BCUT2D eigenvalue weighted by molar-refractivity contribution is 7.89. The van der Waals surface area contributed by atoms with E-state index in [0.717, 1.165) is 16.7 Å². The number of carbonyl (C=O) groups is 1. The van der Waals surface area contributed by atoms with Crippen molar-refractivity contribution < 1.29 is 30.8 Å². The molecule has 2 aromatic carbocycles. The summed E-state index contributed by atoms with van der Waals surface area (Å²) < 4.78 is 71.4. The number of furan rings is 1. The second-order valence-corrected chi connectivity index (χ2v) is 10.4. The number of halogens is 3. The van der Waals surface area contributed by atoms with Gasteiger partial charge in [-0.25, -0.2) is 18.4 Å². The zero-order chi connectivity index (χ0) is 26.2. The Morgan fingerprint density at radius 1 is 1.05 bits per heavy atom. The number of alkyl halides is 3. The Labute approximate surface area is 210 Å². The van der Waals surface area contributed by atoms with Gasteiger partial charge in [0.25, 0.3) is 10.0 Å². The van der Waals surface area contributed by atoms with Crippen LogP contribution in [0.3, 0.4) is 0 Å². The van der Waals surface area contributed by atoms with Crippen LogP contribution in [0.5, 0.6) is 0 Å². The lowest BCUT2D eigenvalue weighted by Gasteiger charge is -2.22. The van der Waals surface area contributed by atoms with Crippen LogP contribution in [0.15, 0.2) is 76.5 Å². The summed E-state index contributed by atoms with van der Waals surface area (Å²) in [5.41, 5.74) is 2.09. The van der Waals surface area contributed by atoms with Crippen molar-refractivity contribution in [3.8, 4) is 11.1 Å². The SMILES string of the molecule is O=C(NCc1cccc(-c2cnc(C(F)(F)F)nc2)c1)C1CCCN1S(=O)(=O)c1cc2ccccc2o1. The molecule has 1 aliphatic heterocycles. The highest BCUT2D eigenvalue weighted by Gasteiger charge is 2.41. The van der Waals surface area contributed by atoms with Gasteiger partial charge in [0.05, 0.1) is 0 Å². The van der Waals surface area contributed by atoms with Crippen molar-refractivity contribution in [2.75, 3.05) is 6.54 Å². The summed E-state index contributed by atoms with van der Waals surface area (Å²) in [4.78, 5) is 19.7. The fourth-order valence-electron chi connectivity index (χ4n) is 4.28. The molecular formula is C25H21F3N4O4S. The Bertz CT molecular complexity index is 1520. The average molecular weight is 531 g/mol. The van der Waals surface area contributed by atoms with E-state index in [0.29, 0.717) is 40.5 Å². The number of sulfonamides is 1. The molecule has 2 aromatic heterocycles. The number of benzene rings is 2. The number of fused-ring (bicyclic) bond motifs is 1. The van der Waals surface area contributed by atoms with E-state index in [2.05, 4.69) is 15.3 Å². The summed E-state index contributed by atoms with van der Waals surface area (Å²) in [6, 6.07) is 14.3. The largest absolute Gasteiger partial charge is 0.451 e. The van der Waals surface area contributed by atoms with Gasteiger partial charge in [-0.1, -0.05) is 36.4 Å². The molecule has 192 valence electrons. The molecule has 0 spiro atoms. The first-order valence-corrected chi connectivity index (χ1v) is 12.8. The van der Waals surface area contributed by atoms with Crippen LogP contribution in [0.4, 0.5) is 13.2 Å². The number of nitrogens with zero attached hydrogens (tertiary/aromatic N) is 3. The van der Waals surface area contributed by atoms with E-state index >= 15 is 0 Å². The minimum Gasteiger partial charge on any atom is -0.443 e. The third-order valence-corrected chi connectivity index (χ3v) is 7.87. The highest BCUT2D eigenvalue weighted by atomic mass is 32.2. The van der Waals surface area contributed by atoms with Crippen LogP contribution in [0.1, 0.15) is 24.2 Å². The predicted octanol–water partition coefficient (Wildman–Crippen LogP) is 4.38. The summed E-state index contributed by atoms with van der Waals surface area (Å²) >= 11 is 0. The molecule has 4 aromatic rings. The van der Waals surface area contributed by atoms with Gasteiger partial charge in [0.2, 0.25) is 16.8 Å². The lowest BCUT2D eigenvalue weighted by molar-refractivity contribution is -0.145. The number of amides is 1. The fourth-order valence-corrected chi connectivity index (χ4v) is 5.89. The molecule has 8 nitrogen and oxygen atoms in total. The third-order valence-electron chi connectivity index (χ3n) is 6.10. The standard InChI is InChI=1S/C25H21F3N4O4S/c26-25(27,28)24-30-14-19(15-31-24)17-7-3-5-16(11-17)13-29-23(33)20-8-4-10-32(20)37(34,35)22-12-18-6-1-2-9-21(18)36-22/h1-3,5-7,9,11-12,14-15,20H,4,8,10,13H2,(H,29,33). The van der Waals surface area contributed by atoms with Crippen molar-refractivity contribution >= 4 is 26.9 Å². The van der Waals surface area contributed by atoms with Gasteiger partial charge in [0, 0.05) is 42.5 Å². The quantitative estimate of drug-likeness (QED) is 0.397. The molecule has 37 heavy (non-hydrogen) atoms. The average Bonchev–Trinajstić information content (AvgIpc) is 3.55.